The van der Waals surface area contributed by atoms with E-state index in [1.165, 1.54) is 0 Å². The lowest BCUT2D eigenvalue weighted by atomic mass is 10.1. The van der Waals surface area contributed by atoms with E-state index >= 15 is 0 Å². The molecule has 0 aliphatic rings. The molecule has 2 aromatic rings. The predicted octanol–water partition coefficient (Wildman–Crippen LogP) is 1.14. The molecule has 1 aromatic heterocycles. The van der Waals surface area contributed by atoms with Gasteiger partial charge in [0.15, 0.2) is 0 Å². The third kappa shape index (κ3) is 1.85. The van der Waals surface area contributed by atoms with Gasteiger partial charge in [0.25, 0.3) is 0 Å². The summed E-state index contributed by atoms with van der Waals surface area (Å²) >= 11 is 0. The smallest absolute Gasteiger partial charge is 0.150 e. The maximum absolute atomic E-state index is 10.4. The van der Waals surface area contributed by atoms with E-state index in [4.69, 9.17) is 0 Å². The summed E-state index contributed by atoms with van der Waals surface area (Å²) < 4.78 is 0. The maximum Gasteiger partial charge on any atom is 0.150 e. The van der Waals surface area contributed by atoms with Crippen molar-refractivity contribution in [1.29, 1.82) is 0 Å². The lowest BCUT2D eigenvalue weighted by molar-refractivity contribution is 0.112. The second-order valence-corrected chi connectivity index (χ2v) is 2.92. The van der Waals surface area contributed by atoms with E-state index in [-0.39, 0.29) is 0 Å². The SMILES string of the molecule is O=Cc1ccc(Cn2nccn2)cc1. The highest BCUT2D eigenvalue weighted by atomic mass is 16.1. The van der Waals surface area contributed by atoms with Crippen LogP contribution in [0.3, 0.4) is 0 Å². The fourth-order valence-corrected chi connectivity index (χ4v) is 1.19. The summed E-state index contributed by atoms with van der Waals surface area (Å²) in [6.07, 6.45) is 4.11. The Morgan fingerprint density at radius 3 is 2.36 bits per heavy atom. The number of aromatic nitrogens is 3. The Bertz CT molecular complexity index is 405. The highest BCUT2D eigenvalue weighted by Crippen LogP contribution is 2.03. The Kier molecular flexibility index (Phi) is 2.36. The van der Waals surface area contributed by atoms with Crippen LogP contribution in [0.2, 0.25) is 0 Å². The minimum Gasteiger partial charge on any atom is -0.298 e. The molecule has 1 heterocycles. The Morgan fingerprint density at radius 2 is 1.79 bits per heavy atom. The number of hydrogen-bond acceptors (Lipinski definition) is 3. The van der Waals surface area contributed by atoms with E-state index in [9.17, 15) is 4.79 Å². The number of aldehydes is 1. The minimum atomic E-state index is 0.631. The fraction of sp³-hybridized carbons (Fsp3) is 0.100. The quantitative estimate of drug-likeness (QED) is 0.677. The molecule has 0 amide bonds. The molecule has 0 bridgehead atoms. The van der Waals surface area contributed by atoms with Crippen molar-refractivity contribution in [3.8, 4) is 0 Å². The average Bonchev–Trinajstić information content (AvgIpc) is 2.72. The molecule has 0 saturated heterocycles. The summed E-state index contributed by atoms with van der Waals surface area (Å²) in [5.41, 5.74) is 1.76. The molecule has 14 heavy (non-hydrogen) atoms. The third-order valence-electron chi connectivity index (χ3n) is 1.91. The van der Waals surface area contributed by atoms with Crippen LogP contribution in [0.25, 0.3) is 0 Å². The van der Waals surface area contributed by atoms with Crippen LogP contribution in [0.1, 0.15) is 15.9 Å². The summed E-state index contributed by atoms with van der Waals surface area (Å²) in [5.74, 6) is 0. The van der Waals surface area contributed by atoms with Crippen LogP contribution in [0.4, 0.5) is 0 Å². The molecule has 0 aliphatic heterocycles. The topological polar surface area (TPSA) is 47.8 Å². The van der Waals surface area contributed by atoms with Crippen LogP contribution in [0.15, 0.2) is 36.7 Å². The lowest BCUT2D eigenvalue weighted by Crippen LogP contribution is -2.03. The van der Waals surface area contributed by atoms with Gasteiger partial charge < -0.3 is 0 Å². The van der Waals surface area contributed by atoms with Crippen LogP contribution < -0.4 is 0 Å². The number of carbonyl (C=O) groups excluding carboxylic acids is 1. The van der Waals surface area contributed by atoms with Crippen LogP contribution in [0, 0.1) is 0 Å². The van der Waals surface area contributed by atoms with Crippen molar-refractivity contribution in [2.24, 2.45) is 0 Å². The highest BCUT2D eigenvalue weighted by molar-refractivity contribution is 5.74. The zero-order chi connectivity index (χ0) is 9.80. The molecule has 4 nitrogen and oxygen atoms in total. The minimum absolute atomic E-state index is 0.631. The Labute approximate surface area is 81.2 Å². The van der Waals surface area contributed by atoms with Gasteiger partial charge in [-0.1, -0.05) is 24.3 Å². The first-order valence-electron chi connectivity index (χ1n) is 4.27. The summed E-state index contributed by atoms with van der Waals surface area (Å²) in [6.45, 7) is 0.631. The monoisotopic (exact) mass is 187 g/mol. The van der Waals surface area contributed by atoms with E-state index in [0.717, 1.165) is 11.8 Å². The van der Waals surface area contributed by atoms with Crippen LogP contribution >= 0.6 is 0 Å². The van der Waals surface area contributed by atoms with Crippen LogP contribution in [-0.2, 0) is 6.54 Å². The average molecular weight is 187 g/mol. The molecule has 0 N–H and O–H groups in total. The second-order valence-electron chi connectivity index (χ2n) is 2.92. The molecule has 0 unspecified atom stereocenters. The molecule has 1 aromatic carbocycles. The van der Waals surface area contributed by atoms with E-state index in [2.05, 4.69) is 10.2 Å². The zero-order valence-electron chi connectivity index (χ0n) is 7.50. The lowest BCUT2D eigenvalue weighted by Gasteiger charge is -1.99. The van der Waals surface area contributed by atoms with Gasteiger partial charge in [0.05, 0.1) is 18.9 Å². The molecule has 0 spiro atoms. The molecule has 0 radical (unpaired) electrons. The van der Waals surface area contributed by atoms with Crippen molar-refractivity contribution < 1.29 is 4.79 Å². The van der Waals surface area contributed by atoms with E-state index in [0.29, 0.717) is 12.1 Å². The van der Waals surface area contributed by atoms with Gasteiger partial charge in [-0.2, -0.15) is 15.0 Å². The summed E-state index contributed by atoms with van der Waals surface area (Å²) in [5, 5.41) is 7.98. The third-order valence-corrected chi connectivity index (χ3v) is 1.91. The first kappa shape index (κ1) is 8.62. The number of hydrogen-bond donors (Lipinski definition) is 0. The summed E-state index contributed by atoms with van der Waals surface area (Å²) in [7, 11) is 0. The Hall–Kier alpha value is -1.97. The fourth-order valence-electron chi connectivity index (χ4n) is 1.19. The van der Waals surface area contributed by atoms with Crippen molar-refractivity contribution in [3.63, 3.8) is 0 Å². The first-order valence-corrected chi connectivity index (χ1v) is 4.27. The van der Waals surface area contributed by atoms with Gasteiger partial charge in [-0.15, -0.1) is 0 Å². The molecule has 4 heteroatoms. The normalized spacial score (nSPS) is 10.0. The molecule has 2 rings (SSSR count). The zero-order valence-corrected chi connectivity index (χ0v) is 7.50. The van der Waals surface area contributed by atoms with E-state index < -0.39 is 0 Å². The first-order chi connectivity index (χ1) is 6.88. The van der Waals surface area contributed by atoms with Gasteiger partial charge in [0.2, 0.25) is 0 Å². The van der Waals surface area contributed by atoms with E-state index in [1.807, 2.05) is 12.1 Å². The van der Waals surface area contributed by atoms with Gasteiger partial charge in [0, 0.05) is 5.56 Å². The van der Waals surface area contributed by atoms with Gasteiger partial charge in [-0.25, -0.2) is 0 Å². The molecule has 0 saturated carbocycles. The van der Waals surface area contributed by atoms with Crippen molar-refractivity contribution >= 4 is 6.29 Å². The van der Waals surface area contributed by atoms with Crippen molar-refractivity contribution in [3.05, 3.63) is 47.8 Å². The van der Waals surface area contributed by atoms with Gasteiger partial charge >= 0.3 is 0 Å². The summed E-state index contributed by atoms with van der Waals surface area (Å²) in [4.78, 5) is 12.0. The molecule has 0 aliphatic carbocycles. The largest absolute Gasteiger partial charge is 0.298 e. The second kappa shape index (κ2) is 3.83. The van der Waals surface area contributed by atoms with Gasteiger partial charge in [0.1, 0.15) is 6.29 Å². The van der Waals surface area contributed by atoms with Gasteiger partial charge in [-0.05, 0) is 5.56 Å². The van der Waals surface area contributed by atoms with E-state index in [1.54, 1.807) is 29.3 Å². The number of carbonyl (C=O) groups is 1. The summed E-state index contributed by atoms with van der Waals surface area (Å²) in [6, 6.07) is 7.36. The Morgan fingerprint density at radius 1 is 1.14 bits per heavy atom. The number of benzene rings is 1. The molecular formula is C10H9N3O. The molecule has 0 fully saturated rings. The number of rotatable bonds is 3. The van der Waals surface area contributed by atoms with Crippen molar-refractivity contribution in [2.75, 3.05) is 0 Å². The number of nitrogens with zero attached hydrogens (tertiary/aromatic N) is 3. The maximum atomic E-state index is 10.4. The standard InChI is InChI=1S/C10H9N3O/c14-8-10-3-1-9(2-4-10)7-13-11-5-6-12-13/h1-6,8H,7H2. The van der Waals surface area contributed by atoms with Gasteiger partial charge in [-0.3, -0.25) is 4.79 Å². The Balaban J connectivity index is 2.14. The van der Waals surface area contributed by atoms with Crippen molar-refractivity contribution in [2.45, 2.75) is 6.54 Å². The highest BCUT2D eigenvalue weighted by Gasteiger charge is 1.96. The molecule has 70 valence electrons. The van der Waals surface area contributed by atoms with Crippen LogP contribution in [-0.4, -0.2) is 21.3 Å². The predicted molar refractivity (Wildman–Crippen MR) is 51.0 cm³/mol. The molecule has 0 atom stereocenters. The van der Waals surface area contributed by atoms with Crippen LogP contribution in [0.5, 0.6) is 0 Å². The molecular weight excluding hydrogens is 178 g/mol. The van der Waals surface area contributed by atoms with Crippen molar-refractivity contribution in [1.82, 2.24) is 15.0 Å².